The first-order valence-electron chi connectivity index (χ1n) is 9.12. The number of methoxy groups -OCH3 is 1. The van der Waals surface area contributed by atoms with E-state index in [0.717, 1.165) is 36.2 Å². The molecule has 0 saturated heterocycles. The summed E-state index contributed by atoms with van der Waals surface area (Å²) in [7, 11) is 1.61. The van der Waals surface area contributed by atoms with Crippen molar-refractivity contribution < 1.29 is 19.1 Å². The summed E-state index contributed by atoms with van der Waals surface area (Å²) in [5.41, 5.74) is 3.77. The van der Waals surface area contributed by atoms with E-state index in [9.17, 15) is 9.59 Å². The van der Waals surface area contributed by atoms with E-state index in [-0.39, 0.29) is 11.8 Å². The van der Waals surface area contributed by atoms with Gasteiger partial charge in [-0.25, -0.2) is 4.79 Å². The zero-order valence-corrected chi connectivity index (χ0v) is 15.6. The fourth-order valence-electron chi connectivity index (χ4n) is 3.68. The molecule has 0 unspecified atom stereocenters. The lowest BCUT2D eigenvalue weighted by atomic mass is 9.75. The number of ether oxygens (including phenoxy) is 2. The zero-order valence-electron chi connectivity index (χ0n) is 15.6. The molecule has 5 heteroatoms. The Morgan fingerprint density at radius 2 is 2.12 bits per heavy atom. The Hall–Kier alpha value is -2.56. The van der Waals surface area contributed by atoms with Crippen molar-refractivity contribution in [1.82, 2.24) is 5.32 Å². The molecule has 1 heterocycles. The molecule has 138 valence electrons. The number of benzene rings is 1. The van der Waals surface area contributed by atoms with Crippen LogP contribution in [0.1, 0.15) is 51.0 Å². The van der Waals surface area contributed by atoms with Crippen molar-refractivity contribution in [2.45, 2.75) is 45.4 Å². The normalized spacial score (nSPS) is 19.8. The lowest BCUT2D eigenvalue weighted by Crippen LogP contribution is -2.34. The SMILES string of the molecule is CCCOC(=O)C1=C(C)NC2=C(C(=O)CCC2)[C@H]1c1cccc(OC)c1. The maximum atomic E-state index is 12.8. The van der Waals surface area contributed by atoms with Gasteiger partial charge in [-0.3, -0.25) is 4.79 Å². The lowest BCUT2D eigenvalue weighted by Gasteiger charge is -2.34. The van der Waals surface area contributed by atoms with Gasteiger partial charge < -0.3 is 14.8 Å². The first-order valence-corrected chi connectivity index (χ1v) is 9.12. The Labute approximate surface area is 154 Å². The maximum absolute atomic E-state index is 12.8. The molecule has 0 radical (unpaired) electrons. The molecule has 26 heavy (non-hydrogen) atoms. The standard InChI is InChI=1S/C21H25NO4/c1-4-11-26-21(24)18-13(2)22-16-9-6-10-17(23)20(16)19(18)14-7-5-8-15(12-14)25-3/h5,7-8,12,19,22H,4,6,9-11H2,1-3H3/t19-/m0/s1. The van der Waals surface area contributed by atoms with E-state index >= 15 is 0 Å². The highest BCUT2D eigenvalue weighted by Gasteiger charge is 2.39. The van der Waals surface area contributed by atoms with Gasteiger partial charge in [0.15, 0.2) is 5.78 Å². The van der Waals surface area contributed by atoms with Crippen LogP contribution < -0.4 is 10.1 Å². The second-order valence-corrected chi connectivity index (χ2v) is 6.68. The fourth-order valence-corrected chi connectivity index (χ4v) is 3.68. The quantitative estimate of drug-likeness (QED) is 0.818. The van der Waals surface area contributed by atoms with E-state index < -0.39 is 5.92 Å². The lowest BCUT2D eigenvalue weighted by molar-refractivity contribution is -0.139. The molecule has 5 nitrogen and oxygen atoms in total. The number of ketones is 1. The van der Waals surface area contributed by atoms with Gasteiger partial charge in [0.05, 0.1) is 19.3 Å². The first-order chi connectivity index (χ1) is 12.6. The molecule has 2 aliphatic rings. The molecule has 1 N–H and O–H groups in total. The summed E-state index contributed by atoms with van der Waals surface area (Å²) in [4.78, 5) is 25.6. The van der Waals surface area contributed by atoms with Crippen LogP contribution in [0.25, 0.3) is 0 Å². The third-order valence-electron chi connectivity index (χ3n) is 4.86. The average molecular weight is 355 g/mol. The third-order valence-corrected chi connectivity index (χ3v) is 4.86. The van der Waals surface area contributed by atoms with Crippen molar-refractivity contribution in [2.24, 2.45) is 0 Å². The minimum atomic E-state index is -0.418. The summed E-state index contributed by atoms with van der Waals surface area (Å²) in [5, 5.41) is 3.29. The third kappa shape index (κ3) is 3.39. The van der Waals surface area contributed by atoms with E-state index in [1.165, 1.54) is 0 Å². The monoisotopic (exact) mass is 355 g/mol. The molecular weight excluding hydrogens is 330 g/mol. The number of dihydropyridines is 1. The molecule has 1 atom stereocenters. The van der Waals surface area contributed by atoms with Crippen molar-refractivity contribution in [2.75, 3.05) is 13.7 Å². The van der Waals surface area contributed by atoms with Crippen molar-refractivity contribution in [3.05, 3.63) is 52.4 Å². The molecule has 1 aliphatic carbocycles. The Morgan fingerprint density at radius 1 is 1.31 bits per heavy atom. The number of allylic oxidation sites excluding steroid dienone is 3. The fraction of sp³-hybridized carbons (Fsp3) is 0.429. The van der Waals surface area contributed by atoms with Crippen molar-refractivity contribution in [1.29, 1.82) is 0 Å². The maximum Gasteiger partial charge on any atom is 0.336 e. The smallest absolute Gasteiger partial charge is 0.336 e. The minimum absolute atomic E-state index is 0.0971. The van der Waals surface area contributed by atoms with Gasteiger partial charge in [0, 0.05) is 29.3 Å². The van der Waals surface area contributed by atoms with Crippen LogP contribution in [-0.4, -0.2) is 25.5 Å². The largest absolute Gasteiger partial charge is 0.497 e. The van der Waals surface area contributed by atoms with Crippen LogP contribution in [-0.2, 0) is 14.3 Å². The zero-order chi connectivity index (χ0) is 18.7. The Morgan fingerprint density at radius 3 is 2.85 bits per heavy atom. The average Bonchev–Trinajstić information content (AvgIpc) is 2.65. The van der Waals surface area contributed by atoms with Gasteiger partial charge in [0.1, 0.15) is 5.75 Å². The summed E-state index contributed by atoms with van der Waals surface area (Å²) in [6, 6.07) is 7.57. The first kappa shape index (κ1) is 18.2. The number of carbonyl (C=O) groups is 2. The highest BCUT2D eigenvalue weighted by Crippen LogP contribution is 2.43. The van der Waals surface area contributed by atoms with E-state index in [4.69, 9.17) is 9.47 Å². The summed E-state index contributed by atoms with van der Waals surface area (Å²) >= 11 is 0. The molecule has 1 aromatic carbocycles. The van der Waals surface area contributed by atoms with E-state index in [0.29, 0.717) is 29.9 Å². The molecule has 0 spiro atoms. The van der Waals surface area contributed by atoms with Crippen LogP contribution in [0.15, 0.2) is 46.8 Å². The molecule has 0 amide bonds. The molecule has 1 aliphatic heterocycles. The van der Waals surface area contributed by atoms with Crippen molar-refractivity contribution in [3.8, 4) is 5.75 Å². The molecule has 3 rings (SSSR count). The number of nitrogens with one attached hydrogen (secondary N) is 1. The van der Waals surface area contributed by atoms with Crippen LogP contribution in [0.2, 0.25) is 0 Å². The predicted molar refractivity (Wildman–Crippen MR) is 98.7 cm³/mol. The van der Waals surface area contributed by atoms with Gasteiger partial charge >= 0.3 is 5.97 Å². The molecule has 0 aromatic heterocycles. The van der Waals surface area contributed by atoms with Crippen molar-refractivity contribution >= 4 is 11.8 Å². The number of hydrogen-bond acceptors (Lipinski definition) is 5. The molecule has 0 fully saturated rings. The van der Waals surface area contributed by atoms with Crippen LogP contribution in [0.4, 0.5) is 0 Å². The van der Waals surface area contributed by atoms with Gasteiger partial charge in [0.2, 0.25) is 0 Å². The van der Waals surface area contributed by atoms with Crippen LogP contribution >= 0.6 is 0 Å². The highest BCUT2D eigenvalue weighted by atomic mass is 16.5. The summed E-state index contributed by atoms with van der Waals surface area (Å²) < 4.78 is 10.8. The summed E-state index contributed by atoms with van der Waals surface area (Å²) in [6.07, 6.45) is 2.91. The minimum Gasteiger partial charge on any atom is -0.497 e. The number of Topliss-reactive ketones (excluding diaryl/α,β-unsaturated/α-hetero) is 1. The second-order valence-electron chi connectivity index (χ2n) is 6.68. The number of hydrogen-bond donors (Lipinski definition) is 1. The van der Waals surface area contributed by atoms with E-state index in [2.05, 4.69) is 5.32 Å². The number of esters is 1. The van der Waals surface area contributed by atoms with E-state index in [1.54, 1.807) is 7.11 Å². The Balaban J connectivity index is 2.12. The van der Waals surface area contributed by atoms with Crippen LogP contribution in [0.5, 0.6) is 5.75 Å². The Kier molecular flexibility index (Phi) is 5.45. The second kappa shape index (κ2) is 7.77. The number of carbonyl (C=O) groups excluding carboxylic acids is 2. The van der Waals surface area contributed by atoms with Gasteiger partial charge in [-0.15, -0.1) is 0 Å². The van der Waals surface area contributed by atoms with Gasteiger partial charge in [0.25, 0.3) is 0 Å². The topological polar surface area (TPSA) is 64.6 Å². The molecule has 1 aromatic rings. The van der Waals surface area contributed by atoms with Crippen molar-refractivity contribution in [3.63, 3.8) is 0 Å². The highest BCUT2D eigenvalue weighted by molar-refractivity contribution is 6.03. The summed E-state index contributed by atoms with van der Waals surface area (Å²) in [6.45, 7) is 4.19. The van der Waals surface area contributed by atoms with Gasteiger partial charge in [-0.1, -0.05) is 19.1 Å². The van der Waals surface area contributed by atoms with Gasteiger partial charge in [-0.05, 0) is 43.9 Å². The molecular formula is C21H25NO4. The van der Waals surface area contributed by atoms with Crippen LogP contribution in [0, 0.1) is 0 Å². The number of rotatable bonds is 5. The summed E-state index contributed by atoms with van der Waals surface area (Å²) in [5.74, 6) is 0.0123. The van der Waals surface area contributed by atoms with Crippen LogP contribution in [0.3, 0.4) is 0 Å². The molecule has 0 bridgehead atoms. The van der Waals surface area contributed by atoms with E-state index in [1.807, 2.05) is 38.1 Å². The van der Waals surface area contributed by atoms with Gasteiger partial charge in [-0.2, -0.15) is 0 Å². The predicted octanol–water partition coefficient (Wildman–Crippen LogP) is 3.62. The molecule has 0 saturated carbocycles. The Bertz CT molecular complexity index is 791.